The summed E-state index contributed by atoms with van der Waals surface area (Å²) in [5.74, 6) is -0.847. The van der Waals surface area contributed by atoms with Crippen molar-refractivity contribution in [3.05, 3.63) is 24.3 Å². The lowest BCUT2D eigenvalue weighted by atomic mass is 10.3. The summed E-state index contributed by atoms with van der Waals surface area (Å²) in [5, 5.41) is 0. The molecule has 110 valence electrons. The van der Waals surface area contributed by atoms with E-state index < -0.39 is 15.6 Å². The van der Waals surface area contributed by atoms with Crippen LogP contribution >= 0.6 is 0 Å². The van der Waals surface area contributed by atoms with Gasteiger partial charge >= 0.3 is 0 Å². The van der Waals surface area contributed by atoms with E-state index in [-0.39, 0.29) is 10.8 Å². The van der Waals surface area contributed by atoms with E-state index >= 15 is 0 Å². The van der Waals surface area contributed by atoms with Crippen LogP contribution in [-0.4, -0.2) is 63.1 Å². The van der Waals surface area contributed by atoms with Crippen LogP contribution in [-0.2, 0) is 14.6 Å². The largest absolute Gasteiger partial charge is 0.399 e. The van der Waals surface area contributed by atoms with Crippen LogP contribution in [0.2, 0.25) is 0 Å². The van der Waals surface area contributed by atoms with Crippen LogP contribution in [0.1, 0.15) is 0 Å². The Morgan fingerprint density at radius 3 is 2.50 bits per heavy atom. The van der Waals surface area contributed by atoms with Crippen molar-refractivity contribution in [2.24, 2.45) is 0 Å². The minimum Gasteiger partial charge on any atom is -0.399 e. The Morgan fingerprint density at radius 1 is 1.25 bits per heavy atom. The molecule has 1 aliphatic rings. The normalized spacial score (nSPS) is 17.1. The van der Waals surface area contributed by atoms with E-state index in [0.29, 0.717) is 18.8 Å². The molecule has 2 rings (SSSR count). The maximum atomic E-state index is 12.2. The molecule has 0 unspecified atom stereocenters. The molecule has 0 saturated carbocycles. The van der Waals surface area contributed by atoms with Gasteiger partial charge in [0.15, 0.2) is 9.84 Å². The Morgan fingerprint density at radius 2 is 1.90 bits per heavy atom. The first-order valence-electron chi connectivity index (χ1n) is 6.43. The first-order valence-corrected chi connectivity index (χ1v) is 8.08. The van der Waals surface area contributed by atoms with Gasteiger partial charge in [0.05, 0.1) is 4.90 Å². The number of benzene rings is 1. The second-order valence-corrected chi connectivity index (χ2v) is 7.01. The van der Waals surface area contributed by atoms with E-state index in [1.54, 1.807) is 17.0 Å². The molecule has 1 amide bonds. The van der Waals surface area contributed by atoms with Gasteiger partial charge in [-0.15, -0.1) is 0 Å². The number of piperazine rings is 1. The van der Waals surface area contributed by atoms with E-state index in [1.165, 1.54) is 12.1 Å². The molecule has 7 heteroatoms. The maximum absolute atomic E-state index is 12.2. The lowest BCUT2D eigenvalue weighted by Crippen LogP contribution is -2.48. The van der Waals surface area contributed by atoms with Crippen molar-refractivity contribution < 1.29 is 13.2 Å². The smallest absolute Gasteiger partial charge is 0.238 e. The van der Waals surface area contributed by atoms with Crippen molar-refractivity contribution in [1.82, 2.24) is 9.80 Å². The van der Waals surface area contributed by atoms with Crippen LogP contribution in [0.15, 0.2) is 29.2 Å². The first kappa shape index (κ1) is 14.8. The van der Waals surface area contributed by atoms with E-state index in [9.17, 15) is 13.2 Å². The fourth-order valence-electron chi connectivity index (χ4n) is 2.10. The van der Waals surface area contributed by atoms with Gasteiger partial charge in [-0.3, -0.25) is 4.79 Å². The molecular weight excluding hydrogens is 278 g/mol. The van der Waals surface area contributed by atoms with Gasteiger partial charge in [0.25, 0.3) is 0 Å². The lowest BCUT2D eigenvalue weighted by molar-refractivity contribution is -0.129. The van der Waals surface area contributed by atoms with Crippen molar-refractivity contribution in [3.63, 3.8) is 0 Å². The van der Waals surface area contributed by atoms with E-state index in [1.807, 2.05) is 7.05 Å². The molecule has 0 bridgehead atoms. The molecule has 1 saturated heterocycles. The van der Waals surface area contributed by atoms with Crippen molar-refractivity contribution in [3.8, 4) is 0 Å². The van der Waals surface area contributed by atoms with E-state index in [4.69, 9.17) is 5.73 Å². The second kappa shape index (κ2) is 5.80. The summed E-state index contributed by atoms with van der Waals surface area (Å²) in [4.78, 5) is 15.9. The Kier molecular flexibility index (Phi) is 4.29. The lowest BCUT2D eigenvalue weighted by Gasteiger charge is -2.32. The topological polar surface area (TPSA) is 83.7 Å². The van der Waals surface area contributed by atoms with Crippen LogP contribution in [0.3, 0.4) is 0 Å². The quantitative estimate of drug-likeness (QED) is 0.782. The number of nitrogens with two attached hydrogens (primary N) is 1. The summed E-state index contributed by atoms with van der Waals surface area (Å²) in [6.07, 6.45) is 0. The second-order valence-electron chi connectivity index (χ2n) is 5.02. The number of nitrogen functional groups attached to an aromatic ring is 1. The molecule has 1 heterocycles. The number of hydrogen-bond acceptors (Lipinski definition) is 5. The third-order valence-corrected chi connectivity index (χ3v) is 4.99. The predicted octanol–water partition coefficient (Wildman–Crippen LogP) is -0.183. The van der Waals surface area contributed by atoms with Crippen molar-refractivity contribution >= 4 is 21.4 Å². The number of sulfone groups is 1. The average Bonchev–Trinajstić information content (AvgIpc) is 2.39. The number of amides is 1. The molecule has 1 fully saturated rings. The molecule has 0 atom stereocenters. The van der Waals surface area contributed by atoms with Crippen LogP contribution in [0, 0.1) is 0 Å². The first-order chi connectivity index (χ1) is 9.38. The van der Waals surface area contributed by atoms with Crippen LogP contribution in [0.4, 0.5) is 5.69 Å². The van der Waals surface area contributed by atoms with Gasteiger partial charge in [-0.05, 0) is 25.2 Å². The number of nitrogens with zero attached hydrogens (tertiary/aromatic N) is 2. The number of carbonyl (C=O) groups is 1. The standard InChI is InChI=1S/C13H19N3O3S/c1-15-5-7-16(8-6-15)13(17)10-20(18,19)12-4-2-3-11(14)9-12/h2-4,9H,5-8,10,14H2,1H3. The van der Waals surface area contributed by atoms with Gasteiger partial charge in [0, 0.05) is 31.9 Å². The van der Waals surface area contributed by atoms with Gasteiger partial charge in [0.2, 0.25) is 5.91 Å². The number of anilines is 1. The van der Waals surface area contributed by atoms with Crippen molar-refractivity contribution in [1.29, 1.82) is 0 Å². The number of likely N-dealkylation sites (N-methyl/N-ethyl adjacent to an activating group) is 1. The van der Waals surface area contributed by atoms with Crippen molar-refractivity contribution in [2.45, 2.75) is 4.90 Å². The molecular formula is C13H19N3O3S. The van der Waals surface area contributed by atoms with Gasteiger partial charge < -0.3 is 15.5 Å². The average molecular weight is 297 g/mol. The fourth-order valence-corrected chi connectivity index (χ4v) is 3.38. The number of carbonyl (C=O) groups excluding carboxylic acids is 1. The molecule has 6 nitrogen and oxygen atoms in total. The van der Waals surface area contributed by atoms with Crippen LogP contribution < -0.4 is 5.73 Å². The highest BCUT2D eigenvalue weighted by Crippen LogP contribution is 2.15. The monoisotopic (exact) mass is 297 g/mol. The zero-order valence-corrected chi connectivity index (χ0v) is 12.3. The van der Waals surface area contributed by atoms with Gasteiger partial charge in [-0.25, -0.2) is 8.42 Å². The minimum absolute atomic E-state index is 0.0972. The van der Waals surface area contributed by atoms with Gasteiger partial charge in [0.1, 0.15) is 5.75 Å². The molecule has 0 spiro atoms. The Labute approximate surface area is 119 Å². The maximum Gasteiger partial charge on any atom is 0.238 e. The highest BCUT2D eigenvalue weighted by atomic mass is 32.2. The Hall–Kier alpha value is -1.60. The van der Waals surface area contributed by atoms with E-state index in [2.05, 4.69) is 4.90 Å². The zero-order chi connectivity index (χ0) is 14.8. The molecule has 0 radical (unpaired) electrons. The molecule has 20 heavy (non-hydrogen) atoms. The number of rotatable bonds is 3. The molecule has 0 aliphatic carbocycles. The summed E-state index contributed by atoms with van der Waals surface area (Å²) >= 11 is 0. The predicted molar refractivity (Wildman–Crippen MR) is 77.0 cm³/mol. The third kappa shape index (κ3) is 3.49. The fraction of sp³-hybridized carbons (Fsp3) is 0.462. The van der Waals surface area contributed by atoms with Crippen molar-refractivity contribution in [2.75, 3.05) is 44.7 Å². The summed E-state index contributed by atoms with van der Waals surface area (Å²) in [6, 6.07) is 6.03. The Bertz CT molecular complexity index is 593. The highest BCUT2D eigenvalue weighted by Gasteiger charge is 2.25. The molecule has 1 aromatic rings. The minimum atomic E-state index is -3.63. The summed E-state index contributed by atoms with van der Waals surface area (Å²) in [6.45, 7) is 2.68. The SMILES string of the molecule is CN1CCN(C(=O)CS(=O)(=O)c2cccc(N)c2)CC1. The van der Waals surface area contributed by atoms with E-state index in [0.717, 1.165) is 13.1 Å². The highest BCUT2D eigenvalue weighted by molar-refractivity contribution is 7.92. The molecule has 2 N–H and O–H groups in total. The summed E-state index contributed by atoms with van der Waals surface area (Å²) in [5.41, 5.74) is 5.95. The summed E-state index contributed by atoms with van der Waals surface area (Å²) < 4.78 is 24.4. The molecule has 1 aromatic carbocycles. The zero-order valence-electron chi connectivity index (χ0n) is 11.4. The Balaban J connectivity index is 2.07. The summed E-state index contributed by atoms with van der Waals surface area (Å²) in [7, 11) is -1.65. The molecule has 0 aromatic heterocycles. The third-order valence-electron chi connectivity index (χ3n) is 3.39. The van der Waals surface area contributed by atoms with Crippen LogP contribution in [0.25, 0.3) is 0 Å². The number of hydrogen-bond donors (Lipinski definition) is 1. The molecule has 1 aliphatic heterocycles. The van der Waals surface area contributed by atoms with Gasteiger partial charge in [-0.2, -0.15) is 0 Å². The van der Waals surface area contributed by atoms with Gasteiger partial charge in [-0.1, -0.05) is 6.07 Å². The van der Waals surface area contributed by atoms with Crippen LogP contribution in [0.5, 0.6) is 0 Å².